The normalized spacial score (nSPS) is 37.1. The van der Waals surface area contributed by atoms with Crippen molar-refractivity contribution in [3.63, 3.8) is 0 Å². The third-order valence-electron chi connectivity index (χ3n) is 3.65. The standard InChI is InChI=1S/C10H20N3O2S/c11-10-12(5-6-16-10)7-8-3-1-2-4-9(8)13(14)15/h8-10,14H,1-7,11H2/q-1. The fourth-order valence-corrected chi connectivity index (χ4v) is 3.70. The van der Waals surface area contributed by atoms with Gasteiger partial charge in [-0.1, -0.05) is 12.8 Å². The number of nitrogens with two attached hydrogens (primary N) is 1. The summed E-state index contributed by atoms with van der Waals surface area (Å²) in [5.41, 5.74) is 6.02. The van der Waals surface area contributed by atoms with Crippen LogP contribution in [-0.2, 0) is 0 Å². The van der Waals surface area contributed by atoms with Gasteiger partial charge in [0.2, 0.25) is 0 Å². The molecule has 1 saturated carbocycles. The van der Waals surface area contributed by atoms with Crippen molar-refractivity contribution in [2.75, 3.05) is 18.8 Å². The molecule has 0 aromatic heterocycles. The van der Waals surface area contributed by atoms with Crippen LogP contribution in [0.2, 0.25) is 0 Å². The highest BCUT2D eigenvalue weighted by Gasteiger charge is 2.30. The van der Waals surface area contributed by atoms with Crippen LogP contribution in [0, 0.1) is 11.1 Å². The lowest BCUT2D eigenvalue weighted by Crippen LogP contribution is -2.46. The molecule has 0 aromatic carbocycles. The Morgan fingerprint density at radius 1 is 1.44 bits per heavy atom. The Morgan fingerprint density at radius 2 is 2.19 bits per heavy atom. The van der Waals surface area contributed by atoms with Gasteiger partial charge in [0.25, 0.3) is 0 Å². The maximum absolute atomic E-state index is 11.1. The molecule has 2 aliphatic rings. The predicted octanol–water partition coefficient (Wildman–Crippen LogP) is 1.03. The van der Waals surface area contributed by atoms with E-state index in [1.807, 2.05) is 0 Å². The van der Waals surface area contributed by atoms with Gasteiger partial charge in [-0.05, 0) is 18.8 Å². The SMILES string of the molecule is NC1SCCN1CC1CCCCC1N([O-])O. The number of rotatable bonds is 3. The van der Waals surface area contributed by atoms with Gasteiger partial charge in [-0.15, -0.1) is 11.8 Å². The van der Waals surface area contributed by atoms with Crippen LogP contribution in [0.3, 0.4) is 0 Å². The summed E-state index contributed by atoms with van der Waals surface area (Å²) in [6, 6.07) is -0.230. The second-order valence-electron chi connectivity index (χ2n) is 4.67. The third-order valence-corrected chi connectivity index (χ3v) is 4.71. The lowest BCUT2D eigenvalue weighted by Gasteiger charge is -2.41. The first kappa shape index (κ1) is 12.6. The fourth-order valence-electron chi connectivity index (χ4n) is 2.71. The Kier molecular flexibility index (Phi) is 4.46. The third kappa shape index (κ3) is 2.88. The van der Waals surface area contributed by atoms with Crippen molar-refractivity contribution in [2.24, 2.45) is 11.7 Å². The molecule has 0 bridgehead atoms. The largest absolute Gasteiger partial charge is 0.762 e. The molecule has 0 amide bonds. The van der Waals surface area contributed by atoms with Crippen molar-refractivity contribution in [1.29, 1.82) is 0 Å². The summed E-state index contributed by atoms with van der Waals surface area (Å²) in [6.07, 6.45) is 4.03. The summed E-state index contributed by atoms with van der Waals surface area (Å²) in [5, 5.41) is 20.4. The Hall–Kier alpha value is 0.150. The Bertz CT molecular complexity index is 230. The lowest BCUT2D eigenvalue weighted by atomic mass is 9.84. The molecular weight excluding hydrogens is 226 g/mol. The van der Waals surface area contributed by atoms with Crippen molar-refractivity contribution in [1.82, 2.24) is 10.1 Å². The molecule has 6 heteroatoms. The van der Waals surface area contributed by atoms with E-state index >= 15 is 0 Å². The predicted molar refractivity (Wildman–Crippen MR) is 64.7 cm³/mol. The van der Waals surface area contributed by atoms with Crippen molar-refractivity contribution >= 4 is 11.8 Å². The molecule has 94 valence electrons. The number of hydrogen-bond donors (Lipinski definition) is 2. The molecular formula is C10H20N3O2S-. The van der Waals surface area contributed by atoms with Crippen molar-refractivity contribution in [3.8, 4) is 0 Å². The smallest absolute Gasteiger partial charge is 0.106 e. The van der Waals surface area contributed by atoms with Crippen LogP contribution in [0.15, 0.2) is 0 Å². The van der Waals surface area contributed by atoms with E-state index in [9.17, 15) is 5.21 Å². The fraction of sp³-hybridized carbons (Fsp3) is 1.00. The molecule has 1 aliphatic carbocycles. The monoisotopic (exact) mass is 246 g/mol. The molecule has 3 unspecified atom stereocenters. The lowest BCUT2D eigenvalue weighted by molar-refractivity contribution is -0.109. The summed E-state index contributed by atoms with van der Waals surface area (Å²) in [4.78, 5) is 2.22. The molecule has 3 atom stereocenters. The summed E-state index contributed by atoms with van der Waals surface area (Å²) in [7, 11) is 0. The second kappa shape index (κ2) is 5.66. The van der Waals surface area contributed by atoms with Gasteiger partial charge in [0.1, 0.15) is 5.50 Å². The molecule has 0 spiro atoms. The van der Waals surface area contributed by atoms with E-state index in [1.165, 1.54) is 0 Å². The van der Waals surface area contributed by atoms with Crippen molar-refractivity contribution in [2.45, 2.75) is 37.2 Å². The number of hydroxylamine groups is 2. The average molecular weight is 246 g/mol. The Balaban J connectivity index is 1.90. The Labute approximate surface area is 100 Å². The number of nitrogens with zero attached hydrogens (tertiary/aromatic N) is 2. The molecule has 1 aliphatic heterocycles. The van der Waals surface area contributed by atoms with Crippen LogP contribution < -0.4 is 5.73 Å². The van der Waals surface area contributed by atoms with Gasteiger partial charge in [0, 0.05) is 24.9 Å². The van der Waals surface area contributed by atoms with Crippen LogP contribution in [0.5, 0.6) is 0 Å². The maximum atomic E-state index is 11.1. The first-order valence-corrected chi connectivity index (χ1v) is 7.00. The summed E-state index contributed by atoms with van der Waals surface area (Å²) >= 11 is 1.75. The minimum atomic E-state index is -0.230. The molecule has 0 radical (unpaired) electrons. The second-order valence-corrected chi connectivity index (χ2v) is 5.90. The summed E-state index contributed by atoms with van der Waals surface area (Å²) in [6.45, 7) is 1.84. The maximum Gasteiger partial charge on any atom is 0.106 e. The topological polar surface area (TPSA) is 75.8 Å². The molecule has 3 N–H and O–H groups in total. The van der Waals surface area contributed by atoms with Crippen molar-refractivity contribution < 1.29 is 5.21 Å². The van der Waals surface area contributed by atoms with E-state index in [0.29, 0.717) is 0 Å². The van der Waals surface area contributed by atoms with Gasteiger partial charge in [0.15, 0.2) is 0 Å². The highest BCUT2D eigenvalue weighted by molar-refractivity contribution is 8.00. The first-order chi connectivity index (χ1) is 7.68. The zero-order chi connectivity index (χ0) is 11.5. The van der Waals surface area contributed by atoms with Gasteiger partial charge in [-0.2, -0.15) is 0 Å². The molecule has 0 aromatic rings. The quantitative estimate of drug-likeness (QED) is 0.724. The van der Waals surface area contributed by atoms with Crippen LogP contribution >= 0.6 is 11.8 Å². The summed E-state index contributed by atoms with van der Waals surface area (Å²) in [5.74, 6) is 1.33. The number of hydrogen-bond acceptors (Lipinski definition) is 6. The minimum Gasteiger partial charge on any atom is -0.762 e. The van der Waals surface area contributed by atoms with E-state index in [4.69, 9.17) is 10.9 Å². The highest BCUT2D eigenvalue weighted by Crippen LogP contribution is 2.30. The van der Waals surface area contributed by atoms with Gasteiger partial charge in [-0.3, -0.25) is 10.1 Å². The van der Waals surface area contributed by atoms with Crippen molar-refractivity contribution in [3.05, 3.63) is 5.21 Å². The van der Waals surface area contributed by atoms with Gasteiger partial charge < -0.3 is 16.1 Å². The summed E-state index contributed by atoms with van der Waals surface area (Å²) < 4.78 is 0. The molecule has 5 nitrogen and oxygen atoms in total. The Morgan fingerprint density at radius 3 is 2.81 bits per heavy atom. The molecule has 2 fully saturated rings. The zero-order valence-corrected chi connectivity index (χ0v) is 10.2. The molecule has 1 heterocycles. The number of thioether (sulfide) groups is 1. The van der Waals surface area contributed by atoms with Gasteiger partial charge in [-0.25, -0.2) is 0 Å². The van der Waals surface area contributed by atoms with E-state index in [1.54, 1.807) is 11.8 Å². The minimum absolute atomic E-state index is 0.0707. The average Bonchev–Trinajstić information content (AvgIpc) is 2.65. The van der Waals surface area contributed by atoms with E-state index in [-0.39, 0.29) is 22.7 Å². The van der Waals surface area contributed by atoms with Gasteiger partial charge >= 0.3 is 0 Å². The zero-order valence-electron chi connectivity index (χ0n) is 9.42. The van der Waals surface area contributed by atoms with E-state index in [0.717, 1.165) is 44.5 Å². The first-order valence-electron chi connectivity index (χ1n) is 5.95. The molecule has 16 heavy (non-hydrogen) atoms. The van der Waals surface area contributed by atoms with Crippen LogP contribution in [-0.4, -0.2) is 45.7 Å². The molecule has 1 saturated heterocycles. The van der Waals surface area contributed by atoms with Gasteiger partial charge in [0.05, 0.1) is 0 Å². The molecule has 2 rings (SSSR count). The van der Waals surface area contributed by atoms with E-state index in [2.05, 4.69) is 4.90 Å². The highest BCUT2D eigenvalue weighted by atomic mass is 32.2. The van der Waals surface area contributed by atoms with Crippen LogP contribution in [0.25, 0.3) is 0 Å². The van der Waals surface area contributed by atoms with Crippen LogP contribution in [0.4, 0.5) is 0 Å². The van der Waals surface area contributed by atoms with Crippen LogP contribution in [0.1, 0.15) is 25.7 Å². The van der Waals surface area contributed by atoms with E-state index < -0.39 is 0 Å².